The van der Waals surface area contributed by atoms with Gasteiger partial charge < -0.3 is 15.2 Å². The van der Waals surface area contributed by atoms with Crippen LogP contribution in [0.3, 0.4) is 0 Å². The smallest absolute Gasteiger partial charge is 0.329 e. The van der Waals surface area contributed by atoms with Crippen LogP contribution in [0.2, 0.25) is 0 Å². The van der Waals surface area contributed by atoms with Crippen molar-refractivity contribution in [1.82, 2.24) is 10.3 Å². The van der Waals surface area contributed by atoms with Crippen LogP contribution in [0.15, 0.2) is 24.3 Å². The molecular formula is C14H14N2O4. The third-order valence-corrected chi connectivity index (χ3v) is 3.91. The van der Waals surface area contributed by atoms with E-state index in [4.69, 9.17) is 0 Å². The standard InChI is InChI=1S/C14H14N2O4/c1-14(13(19)20)11-8(6-10(16-14)12(17)18)7-4-2-3-5-9(7)15-11/h2-5,10,15-16H,6H2,1H3,(H,17,18)(H,19,20)/t10-,14-/m1/s1. The minimum atomic E-state index is -1.43. The van der Waals surface area contributed by atoms with Gasteiger partial charge in [0.05, 0.1) is 5.69 Å². The molecule has 0 aliphatic carbocycles. The molecule has 0 spiro atoms. The van der Waals surface area contributed by atoms with Crippen LogP contribution in [0.25, 0.3) is 10.9 Å². The molecule has 6 nitrogen and oxygen atoms in total. The highest BCUT2D eigenvalue weighted by Crippen LogP contribution is 2.35. The van der Waals surface area contributed by atoms with Gasteiger partial charge in [0.15, 0.2) is 5.54 Å². The molecule has 0 saturated carbocycles. The normalized spacial score (nSPS) is 25.4. The summed E-state index contributed by atoms with van der Waals surface area (Å²) in [5.74, 6) is -2.15. The molecule has 0 fully saturated rings. The van der Waals surface area contributed by atoms with E-state index in [1.165, 1.54) is 6.92 Å². The Morgan fingerprint density at radius 2 is 2.00 bits per heavy atom. The van der Waals surface area contributed by atoms with E-state index in [1.807, 2.05) is 24.3 Å². The fourth-order valence-corrected chi connectivity index (χ4v) is 2.83. The van der Waals surface area contributed by atoms with E-state index in [0.717, 1.165) is 16.5 Å². The van der Waals surface area contributed by atoms with Crippen molar-refractivity contribution in [2.24, 2.45) is 0 Å². The van der Waals surface area contributed by atoms with Gasteiger partial charge in [-0.3, -0.25) is 10.1 Å². The lowest BCUT2D eigenvalue weighted by Crippen LogP contribution is -2.58. The van der Waals surface area contributed by atoms with Crippen molar-refractivity contribution in [3.63, 3.8) is 0 Å². The zero-order valence-electron chi connectivity index (χ0n) is 10.8. The maximum absolute atomic E-state index is 11.6. The SMILES string of the molecule is C[C@@]1(C(=O)O)N[C@@H](C(=O)O)Cc2c1[nH]c1ccccc21. The molecule has 0 radical (unpaired) electrons. The fourth-order valence-electron chi connectivity index (χ4n) is 2.83. The van der Waals surface area contributed by atoms with Gasteiger partial charge in [0.1, 0.15) is 6.04 Å². The highest BCUT2D eigenvalue weighted by molar-refractivity contribution is 5.91. The average Bonchev–Trinajstić information content (AvgIpc) is 2.78. The van der Waals surface area contributed by atoms with Gasteiger partial charge in [-0.2, -0.15) is 0 Å². The van der Waals surface area contributed by atoms with Gasteiger partial charge in [0.25, 0.3) is 0 Å². The van der Waals surface area contributed by atoms with Gasteiger partial charge in [0, 0.05) is 17.3 Å². The zero-order valence-corrected chi connectivity index (χ0v) is 10.8. The summed E-state index contributed by atoms with van der Waals surface area (Å²) in [6, 6.07) is 6.52. The third kappa shape index (κ3) is 1.61. The van der Waals surface area contributed by atoms with Gasteiger partial charge in [-0.05, 0) is 18.6 Å². The minimum Gasteiger partial charge on any atom is -0.480 e. The quantitative estimate of drug-likeness (QED) is 0.656. The van der Waals surface area contributed by atoms with Crippen LogP contribution < -0.4 is 5.32 Å². The van der Waals surface area contributed by atoms with Crippen molar-refractivity contribution in [2.45, 2.75) is 24.9 Å². The van der Waals surface area contributed by atoms with E-state index in [-0.39, 0.29) is 6.42 Å². The lowest BCUT2D eigenvalue weighted by Gasteiger charge is -2.34. The Labute approximate surface area is 114 Å². The molecule has 1 aromatic carbocycles. The lowest BCUT2D eigenvalue weighted by atomic mass is 9.85. The molecular weight excluding hydrogens is 260 g/mol. The number of hydrogen-bond donors (Lipinski definition) is 4. The molecule has 2 aromatic rings. The predicted octanol–water partition coefficient (Wildman–Crippen LogP) is 1.07. The van der Waals surface area contributed by atoms with Crippen LogP contribution in [-0.4, -0.2) is 33.2 Å². The molecule has 1 aromatic heterocycles. The molecule has 6 heteroatoms. The Kier molecular flexibility index (Phi) is 2.58. The van der Waals surface area contributed by atoms with Gasteiger partial charge in [0.2, 0.25) is 0 Å². The molecule has 1 aliphatic rings. The van der Waals surface area contributed by atoms with Crippen molar-refractivity contribution in [1.29, 1.82) is 0 Å². The van der Waals surface area contributed by atoms with Crippen molar-refractivity contribution in [3.8, 4) is 0 Å². The first-order valence-electron chi connectivity index (χ1n) is 6.27. The topological polar surface area (TPSA) is 102 Å². The first-order chi connectivity index (χ1) is 9.43. The molecule has 0 unspecified atom stereocenters. The zero-order chi connectivity index (χ0) is 14.5. The highest BCUT2D eigenvalue weighted by atomic mass is 16.4. The second-order valence-corrected chi connectivity index (χ2v) is 5.19. The number of benzene rings is 1. The molecule has 20 heavy (non-hydrogen) atoms. The van der Waals surface area contributed by atoms with E-state index in [9.17, 15) is 19.8 Å². The van der Waals surface area contributed by atoms with E-state index in [0.29, 0.717) is 5.69 Å². The second kappa shape index (κ2) is 4.08. The monoisotopic (exact) mass is 274 g/mol. The van der Waals surface area contributed by atoms with Crippen LogP contribution in [0.1, 0.15) is 18.2 Å². The fraction of sp³-hybridized carbons (Fsp3) is 0.286. The first-order valence-corrected chi connectivity index (χ1v) is 6.27. The molecule has 0 bridgehead atoms. The maximum Gasteiger partial charge on any atom is 0.329 e. The molecule has 0 saturated heterocycles. The number of aromatic nitrogens is 1. The average molecular weight is 274 g/mol. The number of hydrogen-bond acceptors (Lipinski definition) is 3. The minimum absolute atomic E-state index is 0.261. The number of H-pyrrole nitrogens is 1. The molecule has 1 aliphatic heterocycles. The number of rotatable bonds is 2. The summed E-state index contributed by atoms with van der Waals surface area (Å²) in [7, 11) is 0. The Hall–Kier alpha value is -2.34. The number of nitrogens with one attached hydrogen (secondary N) is 2. The van der Waals surface area contributed by atoms with Crippen molar-refractivity contribution in [2.75, 3.05) is 0 Å². The Balaban J connectivity index is 2.27. The van der Waals surface area contributed by atoms with E-state index in [2.05, 4.69) is 10.3 Å². The number of carboxylic acid groups (broad SMARTS) is 2. The molecule has 2 atom stereocenters. The predicted molar refractivity (Wildman–Crippen MR) is 71.6 cm³/mol. The summed E-state index contributed by atoms with van der Waals surface area (Å²) < 4.78 is 0. The largest absolute Gasteiger partial charge is 0.480 e. The van der Waals surface area contributed by atoms with Gasteiger partial charge in [-0.15, -0.1) is 0 Å². The maximum atomic E-state index is 11.6. The summed E-state index contributed by atoms with van der Waals surface area (Å²) in [5.41, 5.74) is 0.675. The summed E-state index contributed by atoms with van der Waals surface area (Å²) in [6.45, 7) is 1.48. The van der Waals surface area contributed by atoms with Crippen molar-refractivity contribution < 1.29 is 19.8 Å². The molecule has 2 heterocycles. The molecule has 3 rings (SSSR count). The first kappa shape index (κ1) is 12.7. The number of para-hydroxylation sites is 1. The second-order valence-electron chi connectivity index (χ2n) is 5.19. The van der Waals surface area contributed by atoms with Gasteiger partial charge in [-0.25, -0.2) is 4.79 Å². The van der Waals surface area contributed by atoms with E-state index >= 15 is 0 Å². The Morgan fingerprint density at radius 3 is 2.65 bits per heavy atom. The molecule has 104 valence electrons. The van der Waals surface area contributed by atoms with E-state index < -0.39 is 23.5 Å². The number of aliphatic carboxylic acids is 2. The van der Waals surface area contributed by atoms with Crippen LogP contribution >= 0.6 is 0 Å². The Morgan fingerprint density at radius 1 is 1.30 bits per heavy atom. The van der Waals surface area contributed by atoms with Crippen molar-refractivity contribution in [3.05, 3.63) is 35.5 Å². The van der Waals surface area contributed by atoms with Gasteiger partial charge in [-0.1, -0.05) is 18.2 Å². The van der Waals surface area contributed by atoms with Crippen LogP contribution in [-0.2, 0) is 21.5 Å². The number of fused-ring (bicyclic) bond motifs is 3. The van der Waals surface area contributed by atoms with Crippen LogP contribution in [0.4, 0.5) is 0 Å². The summed E-state index contributed by atoms with van der Waals surface area (Å²) in [6.07, 6.45) is 0.261. The van der Waals surface area contributed by atoms with Crippen LogP contribution in [0, 0.1) is 0 Å². The highest BCUT2D eigenvalue weighted by Gasteiger charge is 2.46. The molecule has 4 N–H and O–H groups in total. The molecule has 0 amide bonds. The summed E-state index contributed by atoms with van der Waals surface area (Å²) in [4.78, 5) is 26.0. The van der Waals surface area contributed by atoms with Crippen molar-refractivity contribution >= 4 is 22.8 Å². The summed E-state index contributed by atoms with van der Waals surface area (Å²) >= 11 is 0. The van der Waals surface area contributed by atoms with E-state index in [1.54, 1.807) is 0 Å². The summed E-state index contributed by atoms with van der Waals surface area (Å²) in [5, 5.41) is 22.3. The number of aromatic amines is 1. The lowest BCUT2D eigenvalue weighted by molar-refractivity contribution is -0.147. The van der Waals surface area contributed by atoms with Crippen LogP contribution in [0.5, 0.6) is 0 Å². The number of carboxylic acids is 2. The number of carbonyl (C=O) groups is 2. The Bertz CT molecular complexity index is 721. The third-order valence-electron chi connectivity index (χ3n) is 3.91. The van der Waals surface area contributed by atoms with Gasteiger partial charge >= 0.3 is 11.9 Å².